The fourth-order valence-corrected chi connectivity index (χ4v) is 1.38. The van der Waals surface area contributed by atoms with Crippen LogP contribution in [0.5, 0.6) is 0 Å². The van der Waals surface area contributed by atoms with Crippen LogP contribution < -0.4 is 10.6 Å². The van der Waals surface area contributed by atoms with Crippen LogP contribution in [-0.2, 0) is 4.79 Å². The van der Waals surface area contributed by atoms with Gasteiger partial charge in [-0.05, 0) is 18.2 Å². The largest absolute Gasteiger partial charge is 0.382 e. The predicted octanol–water partition coefficient (Wildman–Crippen LogP) is 1.83. The zero-order chi connectivity index (χ0) is 10.1. The molecule has 1 aromatic carbocycles. The molecule has 0 spiro atoms. The van der Waals surface area contributed by atoms with Gasteiger partial charge in [0.25, 0.3) is 0 Å². The van der Waals surface area contributed by atoms with E-state index >= 15 is 0 Å². The average molecular weight is 194 g/mol. The number of benzene rings is 1. The van der Waals surface area contributed by atoms with E-state index in [-0.39, 0.29) is 17.6 Å². The van der Waals surface area contributed by atoms with Crippen molar-refractivity contribution in [2.75, 3.05) is 17.2 Å². The Morgan fingerprint density at radius 3 is 3.00 bits per heavy atom. The highest BCUT2D eigenvalue weighted by atomic mass is 19.1. The van der Waals surface area contributed by atoms with Crippen molar-refractivity contribution in [1.29, 1.82) is 0 Å². The number of fused-ring (bicyclic) bond motifs is 1. The smallest absolute Gasteiger partial charge is 0.229 e. The maximum absolute atomic E-state index is 12.9. The van der Waals surface area contributed by atoms with Crippen molar-refractivity contribution in [1.82, 2.24) is 0 Å². The Morgan fingerprint density at radius 2 is 2.21 bits per heavy atom. The van der Waals surface area contributed by atoms with Crippen molar-refractivity contribution in [2.45, 2.75) is 6.92 Å². The van der Waals surface area contributed by atoms with Crippen LogP contribution in [-0.4, -0.2) is 12.5 Å². The van der Waals surface area contributed by atoms with E-state index in [4.69, 9.17) is 0 Å². The van der Waals surface area contributed by atoms with Crippen LogP contribution in [0.15, 0.2) is 18.2 Å². The molecule has 2 N–H and O–H groups in total. The number of carbonyl (C=O) groups excluding carboxylic acids is 1. The summed E-state index contributed by atoms with van der Waals surface area (Å²) in [5.41, 5.74) is 1.28. The van der Waals surface area contributed by atoms with Crippen molar-refractivity contribution >= 4 is 17.3 Å². The molecule has 1 aliphatic heterocycles. The van der Waals surface area contributed by atoms with Crippen molar-refractivity contribution in [3.63, 3.8) is 0 Å². The van der Waals surface area contributed by atoms with Crippen LogP contribution >= 0.6 is 0 Å². The highest BCUT2D eigenvalue weighted by Crippen LogP contribution is 2.25. The highest BCUT2D eigenvalue weighted by molar-refractivity contribution is 5.97. The van der Waals surface area contributed by atoms with Gasteiger partial charge in [-0.2, -0.15) is 0 Å². The second kappa shape index (κ2) is 3.29. The van der Waals surface area contributed by atoms with E-state index in [1.54, 1.807) is 6.07 Å². The topological polar surface area (TPSA) is 41.1 Å². The third-order valence-corrected chi connectivity index (χ3v) is 2.29. The molecule has 74 valence electrons. The van der Waals surface area contributed by atoms with E-state index in [9.17, 15) is 9.18 Å². The Morgan fingerprint density at radius 1 is 1.43 bits per heavy atom. The molecule has 1 aliphatic rings. The van der Waals surface area contributed by atoms with Crippen LogP contribution in [0, 0.1) is 11.7 Å². The summed E-state index contributed by atoms with van der Waals surface area (Å²) in [4.78, 5) is 11.4. The van der Waals surface area contributed by atoms with Crippen molar-refractivity contribution in [3.05, 3.63) is 24.0 Å². The fraction of sp³-hybridized carbons (Fsp3) is 0.300. The van der Waals surface area contributed by atoms with Gasteiger partial charge in [0.05, 0.1) is 17.3 Å². The first kappa shape index (κ1) is 8.99. The number of rotatable bonds is 0. The molecule has 1 amide bonds. The number of amides is 1. The SMILES string of the molecule is CC1CNc2cc(F)ccc2NC1=O. The summed E-state index contributed by atoms with van der Waals surface area (Å²) >= 11 is 0. The van der Waals surface area contributed by atoms with Gasteiger partial charge >= 0.3 is 0 Å². The van der Waals surface area contributed by atoms with E-state index in [2.05, 4.69) is 10.6 Å². The first-order chi connectivity index (χ1) is 6.66. The Labute approximate surface area is 81.3 Å². The van der Waals surface area contributed by atoms with E-state index in [0.29, 0.717) is 17.9 Å². The van der Waals surface area contributed by atoms with Gasteiger partial charge in [-0.1, -0.05) is 6.92 Å². The van der Waals surface area contributed by atoms with Gasteiger partial charge in [0.2, 0.25) is 5.91 Å². The first-order valence-corrected chi connectivity index (χ1v) is 4.51. The van der Waals surface area contributed by atoms with E-state index in [0.717, 1.165) is 0 Å². The van der Waals surface area contributed by atoms with Gasteiger partial charge in [0.15, 0.2) is 0 Å². The predicted molar refractivity (Wildman–Crippen MR) is 52.7 cm³/mol. The zero-order valence-electron chi connectivity index (χ0n) is 7.80. The fourth-order valence-electron chi connectivity index (χ4n) is 1.38. The number of nitrogens with one attached hydrogen (secondary N) is 2. The summed E-state index contributed by atoms with van der Waals surface area (Å²) in [5, 5.41) is 5.75. The molecule has 4 heteroatoms. The second-order valence-corrected chi connectivity index (χ2v) is 3.46. The average Bonchev–Trinajstić information content (AvgIpc) is 2.29. The molecule has 0 saturated carbocycles. The molecule has 0 saturated heterocycles. The van der Waals surface area contributed by atoms with Crippen molar-refractivity contribution in [2.24, 2.45) is 5.92 Å². The van der Waals surface area contributed by atoms with Crippen molar-refractivity contribution in [3.8, 4) is 0 Å². The molecular formula is C10H11FN2O. The molecule has 14 heavy (non-hydrogen) atoms. The van der Waals surface area contributed by atoms with Gasteiger partial charge in [0, 0.05) is 6.54 Å². The number of hydrogen-bond donors (Lipinski definition) is 2. The summed E-state index contributed by atoms with van der Waals surface area (Å²) in [7, 11) is 0. The van der Waals surface area contributed by atoms with Gasteiger partial charge < -0.3 is 10.6 Å². The highest BCUT2D eigenvalue weighted by Gasteiger charge is 2.18. The maximum atomic E-state index is 12.9. The van der Waals surface area contributed by atoms with Crippen LogP contribution in [0.25, 0.3) is 0 Å². The van der Waals surface area contributed by atoms with E-state index in [1.165, 1.54) is 12.1 Å². The second-order valence-electron chi connectivity index (χ2n) is 3.46. The number of hydrogen-bond acceptors (Lipinski definition) is 2. The number of anilines is 2. The Kier molecular flexibility index (Phi) is 2.11. The molecule has 1 aromatic rings. The number of carbonyl (C=O) groups is 1. The molecule has 1 heterocycles. The van der Waals surface area contributed by atoms with Crippen LogP contribution in [0.4, 0.5) is 15.8 Å². The monoisotopic (exact) mass is 194 g/mol. The third kappa shape index (κ3) is 1.55. The number of halogens is 1. The van der Waals surface area contributed by atoms with E-state index in [1.807, 2.05) is 6.92 Å². The molecule has 3 nitrogen and oxygen atoms in total. The van der Waals surface area contributed by atoms with Crippen LogP contribution in [0.3, 0.4) is 0 Å². The lowest BCUT2D eigenvalue weighted by Crippen LogP contribution is -2.22. The normalized spacial score (nSPS) is 20.4. The van der Waals surface area contributed by atoms with Gasteiger partial charge in [0.1, 0.15) is 5.82 Å². The Hall–Kier alpha value is -1.58. The maximum Gasteiger partial charge on any atom is 0.229 e. The summed E-state index contributed by atoms with van der Waals surface area (Å²) in [6.07, 6.45) is 0. The van der Waals surface area contributed by atoms with Crippen LogP contribution in [0.1, 0.15) is 6.92 Å². The van der Waals surface area contributed by atoms with E-state index < -0.39 is 0 Å². The molecule has 0 bridgehead atoms. The minimum Gasteiger partial charge on any atom is -0.382 e. The quantitative estimate of drug-likeness (QED) is 0.661. The van der Waals surface area contributed by atoms with Gasteiger partial charge in [-0.3, -0.25) is 4.79 Å². The Bertz CT molecular complexity index is 378. The molecule has 0 aliphatic carbocycles. The molecular weight excluding hydrogens is 183 g/mol. The molecule has 0 radical (unpaired) electrons. The Balaban J connectivity index is 2.37. The summed E-state index contributed by atoms with van der Waals surface area (Å²) in [6.45, 7) is 2.35. The lowest BCUT2D eigenvalue weighted by molar-refractivity contribution is -0.118. The lowest BCUT2D eigenvalue weighted by atomic mass is 10.2. The van der Waals surface area contributed by atoms with Crippen molar-refractivity contribution < 1.29 is 9.18 Å². The van der Waals surface area contributed by atoms with Crippen LogP contribution in [0.2, 0.25) is 0 Å². The standard InChI is InChI=1S/C10H11FN2O/c1-6-5-12-9-4-7(11)2-3-8(9)13-10(6)14/h2-4,6,12H,5H2,1H3,(H,13,14). The molecule has 1 atom stereocenters. The molecule has 2 rings (SSSR count). The zero-order valence-corrected chi connectivity index (χ0v) is 7.80. The summed E-state index contributed by atoms with van der Waals surface area (Å²) in [5.74, 6) is -0.451. The van der Waals surface area contributed by atoms with Gasteiger partial charge in [-0.25, -0.2) is 4.39 Å². The molecule has 0 fully saturated rings. The minimum absolute atomic E-state index is 0.0390. The lowest BCUT2D eigenvalue weighted by Gasteiger charge is -2.06. The summed E-state index contributed by atoms with van der Waals surface area (Å²) in [6, 6.07) is 4.28. The molecule has 1 unspecified atom stereocenters. The first-order valence-electron chi connectivity index (χ1n) is 4.51. The summed E-state index contributed by atoms with van der Waals surface area (Å²) < 4.78 is 12.9. The minimum atomic E-state index is -0.306. The molecule has 0 aromatic heterocycles. The van der Waals surface area contributed by atoms with Gasteiger partial charge in [-0.15, -0.1) is 0 Å². The third-order valence-electron chi connectivity index (χ3n) is 2.29.